The number of Topliss-reactive ketones (excluding diaryl/α,β-unsaturated/α-hetero) is 1. The summed E-state index contributed by atoms with van der Waals surface area (Å²) in [6.07, 6.45) is 4.13. The molecule has 0 bridgehead atoms. The van der Waals surface area contributed by atoms with Crippen molar-refractivity contribution in [3.8, 4) is 0 Å². The molecule has 0 spiro atoms. The fourth-order valence-electron chi connectivity index (χ4n) is 2.66. The van der Waals surface area contributed by atoms with Crippen LogP contribution in [0.4, 0.5) is 0 Å². The number of rotatable bonds is 8. The van der Waals surface area contributed by atoms with Gasteiger partial charge < -0.3 is 4.89 Å². The van der Waals surface area contributed by atoms with Crippen LogP contribution < -0.4 is 0 Å². The molecule has 0 N–H and O–H groups in total. The van der Waals surface area contributed by atoms with Crippen molar-refractivity contribution in [3.05, 3.63) is 11.6 Å². The van der Waals surface area contributed by atoms with E-state index in [-0.39, 0.29) is 12.2 Å². The van der Waals surface area contributed by atoms with E-state index < -0.39 is 14.3 Å². The minimum absolute atomic E-state index is 0.0389. The Morgan fingerprint density at radius 3 is 2.45 bits per heavy atom. The van der Waals surface area contributed by atoms with Crippen molar-refractivity contribution in [2.45, 2.75) is 71.0 Å². The summed E-state index contributed by atoms with van der Waals surface area (Å²) >= 11 is 0. The number of allylic oxidation sites excluding steroid dienone is 1. The topological polar surface area (TPSA) is 52.6 Å². The summed E-state index contributed by atoms with van der Waals surface area (Å²) in [4.78, 5) is 28.3. The van der Waals surface area contributed by atoms with Gasteiger partial charge in [0.05, 0.1) is 6.42 Å². The third kappa shape index (κ3) is 4.02. The van der Waals surface area contributed by atoms with Crippen molar-refractivity contribution in [2.75, 3.05) is 0 Å². The fraction of sp³-hybridized carbons (Fsp3) is 0.733. The molecule has 0 amide bonds. The smallest absolute Gasteiger partial charge is 0.310 e. The van der Waals surface area contributed by atoms with E-state index in [1.807, 2.05) is 6.08 Å². The first-order valence-corrected chi connectivity index (χ1v) is 9.99. The molecule has 0 fully saturated rings. The van der Waals surface area contributed by atoms with Crippen LogP contribution in [-0.2, 0) is 19.1 Å². The van der Waals surface area contributed by atoms with E-state index in [9.17, 15) is 9.59 Å². The zero-order valence-electron chi connectivity index (χ0n) is 13.0. The molecular weight excluding hydrogens is 272 g/mol. The van der Waals surface area contributed by atoms with Gasteiger partial charge in [-0.05, 0) is 24.1 Å². The SMILES string of the molecule is CCC(C)[Si](CC)(CC)OOC(=O)CC1=CCCC1=O. The van der Waals surface area contributed by atoms with E-state index in [1.54, 1.807) is 0 Å². The summed E-state index contributed by atoms with van der Waals surface area (Å²) in [5.74, 6) is -0.396. The maximum absolute atomic E-state index is 11.8. The number of hydrogen-bond acceptors (Lipinski definition) is 4. The monoisotopic (exact) mass is 298 g/mol. The van der Waals surface area contributed by atoms with Crippen molar-refractivity contribution < 1.29 is 19.1 Å². The summed E-state index contributed by atoms with van der Waals surface area (Å²) in [6.45, 7) is 8.48. The highest BCUT2D eigenvalue weighted by molar-refractivity contribution is 6.74. The molecule has 1 rings (SSSR count). The molecule has 1 aliphatic carbocycles. The Bertz CT molecular complexity index is 385. The van der Waals surface area contributed by atoms with E-state index >= 15 is 0 Å². The normalized spacial score (nSPS) is 17.0. The van der Waals surface area contributed by atoms with Gasteiger partial charge in [0, 0.05) is 12.0 Å². The van der Waals surface area contributed by atoms with Crippen LogP contribution in [0, 0.1) is 0 Å². The largest absolute Gasteiger partial charge is 0.345 e. The van der Waals surface area contributed by atoms with Crippen LogP contribution in [0.15, 0.2) is 11.6 Å². The van der Waals surface area contributed by atoms with Gasteiger partial charge in [-0.3, -0.25) is 4.79 Å². The first-order chi connectivity index (χ1) is 9.49. The maximum atomic E-state index is 11.8. The van der Waals surface area contributed by atoms with Gasteiger partial charge in [0.25, 0.3) is 8.32 Å². The first-order valence-electron chi connectivity index (χ1n) is 7.59. The molecule has 0 aromatic carbocycles. The molecule has 4 nitrogen and oxygen atoms in total. The lowest BCUT2D eigenvalue weighted by molar-refractivity contribution is -0.221. The van der Waals surface area contributed by atoms with Gasteiger partial charge in [-0.15, -0.1) is 0 Å². The highest BCUT2D eigenvalue weighted by Crippen LogP contribution is 2.33. The lowest BCUT2D eigenvalue weighted by atomic mass is 10.1. The zero-order valence-corrected chi connectivity index (χ0v) is 14.0. The third-order valence-corrected chi connectivity index (χ3v) is 9.48. The van der Waals surface area contributed by atoms with Crippen molar-refractivity contribution in [1.29, 1.82) is 0 Å². The molecule has 0 radical (unpaired) electrons. The highest BCUT2D eigenvalue weighted by Gasteiger charge is 2.40. The van der Waals surface area contributed by atoms with E-state index in [1.165, 1.54) is 0 Å². The summed E-state index contributed by atoms with van der Waals surface area (Å²) in [7, 11) is -2.03. The molecule has 0 saturated heterocycles. The summed E-state index contributed by atoms with van der Waals surface area (Å²) in [5.41, 5.74) is 1.01. The van der Waals surface area contributed by atoms with E-state index in [0.29, 0.717) is 17.5 Å². The van der Waals surface area contributed by atoms with Crippen LogP contribution in [0.1, 0.15) is 53.4 Å². The number of hydrogen-bond donors (Lipinski definition) is 0. The van der Waals surface area contributed by atoms with Crippen LogP contribution in [0.5, 0.6) is 0 Å². The quantitative estimate of drug-likeness (QED) is 0.387. The summed E-state index contributed by atoms with van der Waals surface area (Å²) in [5, 5.41) is 0. The molecule has 5 heteroatoms. The second kappa shape index (κ2) is 7.74. The van der Waals surface area contributed by atoms with Crippen LogP contribution in [0.25, 0.3) is 0 Å². The Kier molecular flexibility index (Phi) is 6.62. The molecule has 114 valence electrons. The fourth-order valence-corrected chi connectivity index (χ4v) is 5.95. The average Bonchev–Trinajstić information content (AvgIpc) is 2.85. The molecule has 0 saturated carbocycles. The molecule has 1 unspecified atom stereocenters. The van der Waals surface area contributed by atoms with Crippen LogP contribution in [0.2, 0.25) is 17.6 Å². The highest BCUT2D eigenvalue weighted by atomic mass is 28.4. The van der Waals surface area contributed by atoms with Gasteiger partial charge in [-0.25, -0.2) is 9.37 Å². The predicted octanol–water partition coefficient (Wildman–Crippen LogP) is 3.93. The first kappa shape index (κ1) is 17.1. The molecule has 1 atom stereocenters. The molecule has 0 aromatic rings. The Labute approximate surface area is 122 Å². The number of ketones is 1. The lowest BCUT2D eigenvalue weighted by Gasteiger charge is -2.31. The average molecular weight is 298 g/mol. The standard InChI is InChI=1S/C15H26O4Si/c1-5-12(4)20(6-2,7-3)19-18-15(17)11-13-9-8-10-14(13)16/h9,12H,5-8,10-11H2,1-4H3. The molecular formula is C15H26O4Si. The molecule has 20 heavy (non-hydrogen) atoms. The summed E-state index contributed by atoms with van der Waals surface area (Å²) in [6, 6.07) is 1.85. The van der Waals surface area contributed by atoms with Gasteiger partial charge in [0.2, 0.25) is 0 Å². The number of carbonyl (C=O) groups excluding carboxylic acids is 2. The van der Waals surface area contributed by atoms with Gasteiger partial charge in [0.15, 0.2) is 5.78 Å². The van der Waals surface area contributed by atoms with Crippen molar-refractivity contribution in [1.82, 2.24) is 0 Å². The third-order valence-electron chi connectivity index (χ3n) is 4.46. The van der Waals surface area contributed by atoms with Crippen molar-refractivity contribution in [3.63, 3.8) is 0 Å². The number of carbonyl (C=O) groups is 2. The van der Waals surface area contributed by atoms with Crippen LogP contribution in [-0.4, -0.2) is 20.1 Å². The van der Waals surface area contributed by atoms with Crippen LogP contribution >= 0.6 is 0 Å². The van der Waals surface area contributed by atoms with Gasteiger partial charge in [0.1, 0.15) is 0 Å². The van der Waals surface area contributed by atoms with Gasteiger partial charge >= 0.3 is 5.97 Å². The van der Waals surface area contributed by atoms with E-state index in [2.05, 4.69) is 27.7 Å². The van der Waals surface area contributed by atoms with Gasteiger partial charge in [-0.2, -0.15) is 0 Å². The Balaban J connectivity index is 2.55. The van der Waals surface area contributed by atoms with Crippen molar-refractivity contribution in [2.24, 2.45) is 0 Å². The molecule has 0 aromatic heterocycles. The maximum Gasteiger partial charge on any atom is 0.345 e. The molecule has 0 aliphatic heterocycles. The van der Waals surface area contributed by atoms with Gasteiger partial charge in [-0.1, -0.05) is 40.2 Å². The Hall–Kier alpha value is -0.943. The minimum atomic E-state index is -2.03. The van der Waals surface area contributed by atoms with Crippen LogP contribution in [0.3, 0.4) is 0 Å². The minimum Gasteiger partial charge on any atom is -0.310 e. The Morgan fingerprint density at radius 2 is 2.00 bits per heavy atom. The predicted molar refractivity (Wildman–Crippen MR) is 80.5 cm³/mol. The molecule has 0 heterocycles. The Morgan fingerprint density at radius 1 is 1.35 bits per heavy atom. The summed E-state index contributed by atoms with van der Waals surface area (Å²) < 4.78 is 5.64. The second-order valence-corrected chi connectivity index (χ2v) is 10.2. The molecule has 1 aliphatic rings. The van der Waals surface area contributed by atoms with Crippen molar-refractivity contribution >= 4 is 20.1 Å². The zero-order chi connectivity index (χ0) is 15.2. The second-order valence-electron chi connectivity index (χ2n) is 5.49. The lowest BCUT2D eigenvalue weighted by Crippen LogP contribution is -2.41. The van der Waals surface area contributed by atoms with E-state index in [0.717, 1.165) is 24.9 Å². The van der Waals surface area contributed by atoms with E-state index in [4.69, 9.17) is 9.46 Å².